The second-order valence-electron chi connectivity index (χ2n) is 5.89. The molecular formula is C17H24N4O3S. The highest BCUT2D eigenvalue weighted by Crippen LogP contribution is 2.18. The Morgan fingerprint density at radius 3 is 2.40 bits per heavy atom. The van der Waals surface area contributed by atoms with Crippen LogP contribution < -0.4 is 0 Å². The lowest BCUT2D eigenvalue weighted by Gasteiger charge is -2.34. The van der Waals surface area contributed by atoms with Gasteiger partial charge < -0.3 is 4.90 Å². The van der Waals surface area contributed by atoms with E-state index >= 15 is 0 Å². The van der Waals surface area contributed by atoms with Crippen LogP contribution in [0.5, 0.6) is 0 Å². The normalized spacial score (nSPS) is 16.4. The molecule has 0 atom stereocenters. The smallest absolute Gasteiger partial charge is 0.243 e. The zero-order valence-corrected chi connectivity index (χ0v) is 15.5. The molecule has 0 aliphatic carbocycles. The molecule has 2 rings (SSSR count). The van der Waals surface area contributed by atoms with Crippen molar-refractivity contribution in [1.82, 2.24) is 14.1 Å². The first-order valence-electron chi connectivity index (χ1n) is 8.42. The summed E-state index contributed by atoms with van der Waals surface area (Å²) in [7, 11) is -3.61. The highest BCUT2D eigenvalue weighted by Gasteiger charge is 2.29. The molecule has 1 amide bonds. The molecular weight excluding hydrogens is 340 g/mol. The van der Waals surface area contributed by atoms with Gasteiger partial charge in [0.2, 0.25) is 15.9 Å². The molecule has 0 aromatic heterocycles. The molecule has 0 unspecified atom stereocenters. The van der Waals surface area contributed by atoms with Crippen molar-refractivity contribution >= 4 is 15.9 Å². The minimum Gasteiger partial charge on any atom is -0.342 e. The monoisotopic (exact) mass is 364 g/mol. The van der Waals surface area contributed by atoms with E-state index in [0.717, 1.165) is 0 Å². The SMILES string of the molecule is CCN(CC)C(=O)CN1CCN(S(=O)(=O)c2cccc(C#N)c2)CC1. The lowest BCUT2D eigenvalue weighted by atomic mass is 10.2. The van der Waals surface area contributed by atoms with Gasteiger partial charge in [-0.2, -0.15) is 9.57 Å². The molecule has 7 nitrogen and oxygen atoms in total. The lowest BCUT2D eigenvalue weighted by molar-refractivity contribution is -0.132. The minimum atomic E-state index is -3.61. The first-order valence-corrected chi connectivity index (χ1v) is 9.86. The van der Waals surface area contributed by atoms with E-state index in [0.29, 0.717) is 51.4 Å². The number of sulfonamides is 1. The van der Waals surface area contributed by atoms with Crippen molar-refractivity contribution in [2.75, 3.05) is 45.8 Å². The van der Waals surface area contributed by atoms with Gasteiger partial charge in [-0.3, -0.25) is 9.69 Å². The Bertz CT molecular complexity index is 745. The predicted octanol–water partition coefficient (Wildman–Crippen LogP) is 0.733. The molecule has 1 aromatic rings. The summed E-state index contributed by atoms with van der Waals surface area (Å²) in [5, 5.41) is 8.94. The quantitative estimate of drug-likeness (QED) is 0.743. The first kappa shape index (κ1) is 19.4. The van der Waals surface area contributed by atoms with Crippen LogP contribution >= 0.6 is 0 Å². The second-order valence-corrected chi connectivity index (χ2v) is 7.82. The molecule has 1 heterocycles. The molecule has 0 saturated carbocycles. The lowest BCUT2D eigenvalue weighted by Crippen LogP contribution is -2.51. The summed E-state index contributed by atoms with van der Waals surface area (Å²) in [5.41, 5.74) is 0.324. The number of carbonyl (C=O) groups excluding carboxylic acids is 1. The molecule has 1 aromatic carbocycles. The second kappa shape index (κ2) is 8.43. The Hall–Kier alpha value is -1.95. The van der Waals surface area contributed by atoms with Crippen LogP contribution in [0.2, 0.25) is 0 Å². The van der Waals surface area contributed by atoms with Crippen molar-refractivity contribution < 1.29 is 13.2 Å². The number of amides is 1. The highest BCUT2D eigenvalue weighted by molar-refractivity contribution is 7.89. The zero-order chi connectivity index (χ0) is 18.4. The van der Waals surface area contributed by atoms with Gasteiger partial charge in [0, 0.05) is 39.3 Å². The van der Waals surface area contributed by atoms with E-state index in [1.807, 2.05) is 24.8 Å². The fourth-order valence-corrected chi connectivity index (χ4v) is 4.34. The fraction of sp³-hybridized carbons (Fsp3) is 0.529. The van der Waals surface area contributed by atoms with Gasteiger partial charge >= 0.3 is 0 Å². The van der Waals surface area contributed by atoms with Gasteiger partial charge in [-0.05, 0) is 32.0 Å². The Labute approximate surface area is 149 Å². The predicted molar refractivity (Wildman–Crippen MR) is 94.3 cm³/mol. The van der Waals surface area contributed by atoms with Gasteiger partial charge in [-0.25, -0.2) is 8.42 Å². The number of nitrogens with zero attached hydrogens (tertiary/aromatic N) is 4. The average molecular weight is 364 g/mol. The molecule has 1 fully saturated rings. The summed E-state index contributed by atoms with van der Waals surface area (Å²) < 4.78 is 26.8. The van der Waals surface area contributed by atoms with Gasteiger partial charge in [-0.15, -0.1) is 0 Å². The summed E-state index contributed by atoms with van der Waals surface area (Å²) in [6, 6.07) is 8.01. The number of likely N-dealkylation sites (N-methyl/N-ethyl adjacent to an activating group) is 1. The van der Waals surface area contributed by atoms with Crippen LogP contribution in [0.3, 0.4) is 0 Å². The van der Waals surface area contributed by atoms with E-state index in [4.69, 9.17) is 5.26 Å². The summed E-state index contributed by atoms with van der Waals surface area (Å²) in [6.45, 7) is 7.28. The molecule has 1 aliphatic heterocycles. The van der Waals surface area contributed by atoms with Crippen molar-refractivity contribution in [3.05, 3.63) is 29.8 Å². The topological polar surface area (TPSA) is 84.7 Å². The van der Waals surface area contributed by atoms with E-state index < -0.39 is 10.0 Å². The fourth-order valence-electron chi connectivity index (χ4n) is 2.87. The van der Waals surface area contributed by atoms with Crippen LogP contribution in [0.15, 0.2) is 29.2 Å². The van der Waals surface area contributed by atoms with Crippen LogP contribution in [-0.2, 0) is 14.8 Å². The van der Waals surface area contributed by atoms with Crippen LogP contribution in [-0.4, -0.2) is 74.2 Å². The summed E-state index contributed by atoms with van der Waals surface area (Å²) >= 11 is 0. The van der Waals surface area contributed by atoms with Crippen molar-refractivity contribution in [2.24, 2.45) is 0 Å². The third-order valence-electron chi connectivity index (χ3n) is 4.41. The summed E-state index contributed by atoms with van der Waals surface area (Å²) in [6.07, 6.45) is 0. The van der Waals surface area contributed by atoms with Crippen molar-refractivity contribution in [1.29, 1.82) is 5.26 Å². The average Bonchev–Trinajstić information content (AvgIpc) is 2.63. The molecule has 0 bridgehead atoms. The third kappa shape index (κ3) is 4.57. The summed E-state index contributed by atoms with van der Waals surface area (Å²) in [4.78, 5) is 16.1. The number of hydrogen-bond donors (Lipinski definition) is 0. The maximum absolute atomic E-state index is 12.7. The Morgan fingerprint density at radius 1 is 1.20 bits per heavy atom. The van der Waals surface area contributed by atoms with E-state index in [1.165, 1.54) is 16.4 Å². The molecule has 1 aliphatic rings. The van der Waals surface area contributed by atoms with Crippen LogP contribution in [0.4, 0.5) is 0 Å². The van der Waals surface area contributed by atoms with Crippen molar-refractivity contribution in [3.63, 3.8) is 0 Å². The molecule has 1 saturated heterocycles. The van der Waals surface area contributed by atoms with Crippen molar-refractivity contribution in [3.8, 4) is 6.07 Å². The molecule has 0 spiro atoms. The molecule has 0 radical (unpaired) electrons. The standard InChI is InChI=1S/C17H24N4O3S/c1-3-20(4-2)17(22)14-19-8-10-21(11-9-19)25(23,24)16-7-5-6-15(12-16)13-18/h5-7,12H,3-4,8-11,14H2,1-2H3. The highest BCUT2D eigenvalue weighted by atomic mass is 32.2. The maximum Gasteiger partial charge on any atom is 0.243 e. The molecule has 0 N–H and O–H groups in total. The van der Waals surface area contributed by atoms with E-state index in [1.54, 1.807) is 17.0 Å². The van der Waals surface area contributed by atoms with Gasteiger partial charge in [0.1, 0.15) is 0 Å². The Morgan fingerprint density at radius 2 is 1.84 bits per heavy atom. The first-order chi connectivity index (χ1) is 11.9. The zero-order valence-electron chi connectivity index (χ0n) is 14.7. The number of benzene rings is 1. The van der Waals surface area contributed by atoms with Crippen LogP contribution in [0, 0.1) is 11.3 Å². The third-order valence-corrected chi connectivity index (χ3v) is 6.30. The number of nitriles is 1. The number of rotatable bonds is 6. The number of hydrogen-bond acceptors (Lipinski definition) is 5. The maximum atomic E-state index is 12.7. The van der Waals surface area contributed by atoms with Crippen LogP contribution in [0.1, 0.15) is 19.4 Å². The number of carbonyl (C=O) groups is 1. The Kier molecular flexibility index (Phi) is 6.53. The molecule has 25 heavy (non-hydrogen) atoms. The van der Waals surface area contributed by atoms with E-state index in [9.17, 15) is 13.2 Å². The van der Waals surface area contributed by atoms with Crippen LogP contribution in [0.25, 0.3) is 0 Å². The molecule has 136 valence electrons. The largest absolute Gasteiger partial charge is 0.342 e. The minimum absolute atomic E-state index is 0.0722. The summed E-state index contributed by atoms with van der Waals surface area (Å²) in [5.74, 6) is 0.0722. The van der Waals surface area contributed by atoms with Gasteiger partial charge in [0.05, 0.1) is 23.1 Å². The van der Waals surface area contributed by atoms with E-state index in [-0.39, 0.29) is 10.8 Å². The Balaban J connectivity index is 1.99. The van der Waals surface area contributed by atoms with E-state index in [2.05, 4.69) is 0 Å². The van der Waals surface area contributed by atoms with Gasteiger partial charge in [0.15, 0.2) is 0 Å². The number of piperazine rings is 1. The van der Waals surface area contributed by atoms with Gasteiger partial charge in [0.25, 0.3) is 0 Å². The van der Waals surface area contributed by atoms with Crippen molar-refractivity contribution in [2.45, 2.75) is 18.7 Å². The molecule has 8 heteroatoms. The van der Waals surface area contributed by atoms with Gasteiger partial charge in [-0.1, -0.05) is 6.07 Å².